The number of carbonyl (C=O) groups excluding carboxylic acids is 4. The third-order valence-electron chi connectivity index (χ3n) is 6.21. The van der Waals surface area contributed by atoms with E-state index >= 15 is 0 Å². The summed E-state index contributed by atoms with van der Waals surface area (Å²) in [5.41, 5.74) is 1.59. The molecule has 3 N–H and O–H groups in total. The van der Waals surface area contributed by atoms with Crippen molar-refractivity contribution in [3.63, 3.8) is 0 Å². The van der Waals surface area contributed by atoms with Crippen LogP contribution in [-0.4, -0.2) is 54.2 Å². The van der Waals surface area contributed by atoms with Crippen LogP contribution in [0.2, 0.25) is 0 Å². The number of hydrogen-bond acceptors (Lipinski definition) is 6. The zero-order valence-electron chi connectivity index (χ0n) is 17.0. The molecule has 0 radical (unpaired) electrons. The largest absolute Gasteiger partial charge is 0.317 e. The van der Waals surface area contributed by atoms with Crippen LogP contribution >= 0.6 is 0 Å². The lowest BCUT2D eigenvalue weighted by atomic mass is 9.96. The van der Waals surface area contributed by atoms with Crippen LogP contribution in [0, 0.1) is 5.92 Å². The minimum atomic E-state index is -0.926. The summed E-state index contributed by atoms with van der Waals surface area (Å²) in [5.74, 6) is -1.25. The van der Waals surface area contributed by atoms with Gasteiger partial charge in [-0.15, -0.1) is 0 Å². The van der Waals surface area contributed by atoms with E-state index in [1.807, 2.05) is 6.07 Å². The molecule has 0 spiro atoms. The lowest BCUT2D eigenvalue weighted by molar-refractivity contribution is -0.136. The SMILES string of the molecule is O=C1CCC(N2C(=O)c3ccc(CNCC4CCCCNCC4)cc3C2=O)C(=O)N1. The van der Waals surface area contributed by atoms with Gasteiger partial charge in [0.2, 0.25) is 11.8 Å². The van der Waals surface area contributed by atoms with Crippen molar-refractivity contribution in [2.24, 2.45) is 5.92 Å². The number of rotatable bonds is 5. The van der Waals surface area contributed by atoms with E-state index in [2.05, 4.69) is 16.0 Å². The molecule has 4 amide bonds. The average Bonchev–Trinajstić information content (AvgIpc) is 2.94. The van der Waals surface area contributed by atoms with Crippen LogP contribution in [0.3, 0.4) is 0 Å². The summed E-state index contributed by atoms with van der Waals surface area (Å²) in [6.45, 7) is 3.71. The summed E-state index contributed by atoms with van der Waals surface area (Å²) >= 11 is 0. The third-order valence-corrected chi connectivity index (χ3v) is 6.21. The van der Waals surface area contributed by atoms with Gasteiger partial charge in [-0.05, 0) is 68.9 Å². The van der Waals surface area contributed by atoms with Gasteiger partial charge in [0.05, 0.1) is 11.1 Å². The molecule has 0 saturated carbocycles. The Morgan fingerprint density at radius 3 is 2.63 bits per heavy atom. The summed E-state index contributed by atoms with van der Waals surface area (Å²) in [5, 5.41) is 9.15. The molecule has 2 unspecified atom stereocenters. The van der Waals surface area contributed by atoms with E-state index in [1.165, 1.54) is 19.3 Å². The molecule has 2 fully saturated rings. The Balaban J connectivity index is 1.39. The molecule has 1 aromatic rings. The summed E-state index contributed by atoms with van der Waals surface area (Å²) < 4.78 is 0. The minimum absolute atomic E-state index is 0.121. The summed E-state index contributed by atoms with van der Waals surface area (Å²) in [4.78, 5) is 50.2. The highest BCUT2D eigenvalue weighted by molar-refractivity contribution is 6.23. The molecule has 8 heteroatoms. The van der Waals surface area contributed by atoms with Crippen LogP contribution in [0.4, 0.5) is 0 Å². The van der Waals surface area contributed by atoms with Gasteiger partial charge in [-0.1, -0.05) is 12.5 Å². The molecule has 0 aromatic heterocycles. The van der Waals surface area contributed by atoms with Gasteiger partial charge in [-0.2, -0.15) is 0 Å². The van der Waals surface area contributed by atoms with Gasteiger partial charge in [0.1, 0.15) is 6.04 Å². The van der Waals surface area contributed by atoms with E-state index in [0.29, 0.717) is 23.6 Å². The van der Waals surface area contributed by atoms with Gasteiger partial charge in [-0.25, -0.2) is 0 Å². The molecule has 3 aliphatic rings. The van der Waals surface area contributed by atoms with Crippen LogP contribution in [-0.2, 0) is 16.1 Å². The fourth-order valence-corrected chi connectivity index (χ4v) is 4.51. The molecule has 3 aliphatic heterocycles. The molecule has 0 aliphatic carbocycles. The van der Waals surface area contributed by atoms with Crippen LogP contribution in [0.5, 0.6) is 0 Å². The third kappa shape index (κ3) is 4.29. The van der Waals surface area contributed by atoms with Crippen molar-refractivity contribution < 1.29 is 19.2 Å². The molecule has 30 heavy (non-hydrogen) atoms. The number of imide groups is 2. The number of nitrogens with one attached hydrogen (secondary N) is 3. The highest BCUT2D eigenvalue weighted by Crippen LogP contribution is 2.28. The van der Waals surface area contributed by atoms with Gasteiger partial charge in [-0.3, -0.25) is 29.4 Å². The van der Waals surface area contributed by atoms with Gasteiger partial charge in [0.15, 0.2) is 0 Å². The average molecular weight is 412 g/mol. The Labute approximate surface area is 175 Å². The van der Waals surface area contributed by atoms with Crippen molar-refractivity contribution in [3.05, 3.63) is 34.9 Å². The molecule has 8 nitrogen and oxygen atoms in total. The predicted molar refractivity (Wildman–Crippen MR) is 110 cm³/mol. The second-order valence-corrected chi connectivity index (χ2v) is 8.36. The zero-order valence-corrected chi connectivity index (χ0v) is 17.0. The van der Waals surface area contributed by atoms with E-state index < -0.39 is 23.8 Å². The molecular weight excluding hydrogens is 384 g/mol. The normalized spacial score (nSPS) is 25.0. The Morgan fingerprint density at radius 2 is 1.80 bits per heavy atom. The maximum Gasteiger partial charge on any atom is 0.262 e. The Bertz CT molecular complexity index is 861. The van der Waals surface area contributed by atoms with Gasteiger partial charge >= 0.3 is 0 Å². The summed E-state index contributed by atoms with van der Waals surface area (Å²) in [7, 11) is 0. The molecule has 2 saturated heterocycles. The lowest BCUT2D eigenvalue weighted by Crippen LogP contribution is -2.54. The Kier molecular flexibility index (Phi) is 6.24. The van der Waals surface area contributed by atoms with E-state index in [1.54, 1.807) is 12.1 Å². The first kappa shape index (κ1) is 20.7. The first-order valence-corrected chi connectivity index (χ1v) is 10.8. The Morgan fingerprint density at radius 1 is 0.967 bits per heavy atom. The van der Waals surface area contributed by atoms with Crippen molar-refractivity contribution in [1.82, 2.24) is 20.9 Å². The van der Waals surface area contributed by atoms with Crippen molar-refractivity contribution in [2.75, 3.05) is 19.6 Å². The standard InChI is InChI=1S/C22H28N4O4/c27-19-7-6-18(20(28)25-19)26-21(29)16-5-4-15(11-17(16)22(26)30)13-24-12-14-3-1-2-9-23-10-8-14/h4-5,11,14,18,23-24H,1-3,6-10,12-13H2,(H,25,27,28). The van der Waals surface area contributed by atoms with Crippen LogP contribution in [0.1, 0.15) is 64.8 Å². The summed E-state index contributed by atoms with van der Waals surface area (Å²) in [6, 6.07) is 4.33. The van der Waals surface area contributed by atoms with Crippen molar-refractivity contribution in [3.8, 4) is 0 Å². The molecule has 2 atom stereocenters. The quantitative estimate of drug-likeness (QED) is 0.622. The Hall–Kier alpha value is -2.58. The molecule has 3 heterocycles. The first-order valence-electron chi connectivity index (χ1n) is 10.8. The van der Waals surface area contributed by atoms with Crippen molar-refractivity contribution >= 4 is 23.6 Å². The summed E-state index contributed by atoms with van der Waals surface area (Å²) in [6.07, 6.45) is 5.14. The number of amides is 4. The highest BCUT2D eigenvalue weighted by atomic mass is 16.2. The molecule has 1 aromatic carbocycles. The fourth-order valence-electron chi connectivity index (χ4n) is 4.51. The van der Waals surface area contributed by atoms with Crippen LogP contribution < -0.4 is 16.0 Å². The van der Waals surface area contributed by atoms with Crippen LogP contribution in [0.15, 0.2) is 18.2 Å². The number of hydrogen-bond donors (Lipinski definition) is 3. The zero-order chi connectivity index (χ0) is 21.1. The first-order chi connectivity index (χ1) is 14.5. The predicted octanol–water partition coefficient (Wildman–Crippen LogP) is 0.957. The number of carbonyl (C=O) groups is 4. The molecule has 4 rings (SSSR count). The van der Waals surface area contributed by atoms with Crippen LogP contribution in [0.25, 0.3) is 0 Å². The monoisotopic (exact) mass is 412 g/mol. The van der Waals surface area contributed by atoms with Crippen molar-refractivity contribution in [2.45, 2.75) is 51.1 Å². The maximum atomic E-state index is 12.9. The molecular formula is C22H28N4O4. The van der Waals surface area contributed by atoms with E-state index in [0.717, 1.165) is 36.5 Å². The van der Waals surface area contributed by atoms with E-state index in [-0.39, 0.29) is 18.7 Å². The van der Waals surface area contributed by atoms with Gasteiger partial charge in [0.25, 0.3) is 11.8 Å². The second-order valence-electron chi connectivity index (χ2n) is 8.36. The van der Waals surface area contributed by atoms with Crippen molar-refractivity contribution in [1.29, 1.82) is 0 Å². The maximum absolute atomic E-state index is 12.9. The van der Waals surface area contributed by atoms with Gasteiger partial charge in [0, 0.05) is 13.0 Å². The topological polar surface area (TPSA) is 108 Å². The lowest BCUT2D eigenvalue weighted by Gasteiger charge is -2.27. The molecule has 0 bridgehead atoms. The highest BCUT2D eigenvalue weighted by Gasteiger charge is 2.44. The number of nitrogens with zero attached hydrogens (tertiary/aromatic N) is 1. The number of fused-ring (bicyclic) bond motifs is 1. The number of benzene rings is 1. The molecule has 160 valence electrons. The van der Waals surface area contributed by atoms with E-state index in [9.17, 15) is 19.2 Å². The van der Waals surface area contributed by atoms with E-state index in [4.69, 9.17) is 0 Å². The van der Waals surface area contributed by atoms with Gasteiger partial charge < -0.3 is 10.6 Å². The minimum Gasteiger partial charge on any atom is -0.317 e. The fraction of sp³-hybridized carbons (Fsp3) is 0.545. The second kappa shape index (κ2) is 9.06. The smallest absolute Gasteiger partial charge is 0.262 e. The number of piperidine rings is 1.